The van der Waals surface area contributed by atoms with Crippen LogP contribution in [-0.2, 0) is 0 Å². The maximum Gasteiger partial charge on any atom is 0.139 e. The maximum absolute atomic E-state index is 9.22. The van der Waals surface area contributed by atoms with Crippen LogP contribution >= 0.6 is 23.2 Å². The fourth-order valence-electron chi connectivity index (χ4n) is 4.37. The van der Waals surface area contributed by atoms with Gasteiger partial charge < -0.3 is 9.88 Å². The van der Waals surface area contributed by atoms with Gasteiger partial charge in [-0.25, -0.2) is 4.98 Å². The SMILES string of the molecule is CN1CCC(=C(c2ccc(-c3cccc(C#N)c3)cc2)c2nc3cc(Cl)c(Cl)cc3[nH]2)CC1. The summed E-state index contributed by atoms with van der Waals surface area (Å²) in [5.41, 5.74) is 8.09. The highest BCUT2D eigenvalue weighted by atomic mass is 35.5. The molecule has 0 bridgehead atoms. The first-order valence-corrected chi connectivity index (χ1v) is 11.6. The van der Waals surface area contributed by atoms with Gasteiger partial charge in [-0.1, -0.05) is 65.2 Å². The van der Waals surface area contributed by atoms with Crippen LogP contribution in [0.25, 0.3) is 27.7 Å². The molecule has 2 heterocycles. The number of benzene rings is 3. The van der Waals surface area contributed by atoms with E-state index in [-0.39, 0.29) is 0 Å². The molecule has 1 N–H and O–H groups in total. The summed E-state index contributed by atoms with van der Waals surface area (Å²) in [4.78, 5) is 10.7. The summed E-state index contributed by atoms with van der Waals surface area (Å²) in [6.45, 7) is 2.05. The van der Waals surface area contributed by atoms with Crippen LogP contribution in [0.5, 0.6) is 0 Å². The number of H-pyrrole nitrogens is 1. The number of imidazole rings is 1. The van der Waals surface area contributed by atoms with E-state index in [1.807, 2.05) is 30.3 Å². The van der Waals surface area contributed by atoms with E-state index in [9.17, 15) is 5.26 Å². The van der Waals surface area contributed by atoms with Gasteiger partial charge in [0.15, 0.2) is 0 Å². The molecule has 0 saturated carbocycles. The summed E-state index contributed by atoms with van der Waals surface area (Å²) in [5.74, 6) is 0.835. The molecular formula is C27H22Cl2N4. The normalized spacial score (nSPS) is 14.4. The fourth-order valence-corrected chi connectivity index (χ4v) is 4.69. The van der Waals surface area contributed by atoms with E-state index in [1.165, 1.54) is 5.57 Å². The van der Waals surface area contributed by atoms with Crippen molar-refractivity contribution in [2.45, 2.75) is 12.8 Å². The minimum Gasteiger partial charge on any atom is -0.338 e. The lowest BCUT2D eigenvalue weighted by atomic mass is 9.91. The quantitative estimate of drug-likeness (QED) is 0.351. The van der Waals surface area contributed by atoms with Crippen LogP contribution < -0.4 is 0 Å². The number of nitrogens with one attached hydrogen (secondary N) is 1. The average Bonchev–Trinajstić information content (AvgIpc) is 3.23. The molecule has 164 valence electrons. The number of rotatable bonds is 3. The number of likely N-dealkylation sites (tertiary alicyclic amines) is 1. The van der Waals surface area contributed by atoms with Gasteiger partial charge in [0.25, 0.3) is 0 Å². The zero-order chi connectivity index (χ0) is 22.9. The highest BCUT2D eigenvalue weighted by Crippen LogP contribution is 2.34. The third-order valence-electron chi connectivity index (χ3n) is 6.20. The van der Waals surface area contributed by atoms with Crippen molar-refractivity contribution in [2.75, 3.05) is 20.1 Å². The zero-order valence-electron chi connectivity index (χ0n) is 18.2. The Bertz CT molecular complexity index is 1360. The molecular weight excluding hydrogens is 451 g/mol. The standard InChI is InChI=1S/C27H22Cl2N4/c1-33-11-9-20(10-12-33)26(27-31-24-14-22(28)23(29)15-25(24)32-27)19-7-5-18(6-8-19)21-4-2-3-17(13-21)16-30/h2-8,13-15H,9-12H2,1H3,(H,31,32). The summed E-state index contributed by atoms with van der Waals surface area (Å²) in [6.07, 6.45) is 1.99. The average molecular weight is 473 g/mol. The summed E-state index contributed by atoms with van der Waals surface area (Å²) in [5, 5.41) is 10.2. The smallest absolute Gasteiger partial charge is 0.139 e. The second-order valence-electron chi connectivity index (χ2n) is 8.42. The molecule has 1 aliphatic rings. The van der Waals surface area contributed by atoms with Gasteiger partial charge in [0.1, 0.15) is 5.82 Å². The van der Waals surface area contributed by atoms with Gasteiger partial charge in [0.05, 0.1) is 32.7 Å². The molecule has 3 aromatic carbocycles. The second-order valence-corrected chi connectivity index (χ2v) is 9.24. The van der Waals surface area contributed by atoms with E-state index in [0.29, 0.717) is 15.6 Å². The van der Waals surface area contributed by atoms with Crippen molar-refractivity contribution in [1.29, 1.82) is 5.26 Å². The fraction of sp³-hybridized carbons (Fsp3) is 0.185. The number of fused-ring (bicyclic) bond motifs is 1. The lowest BCUT2D eigenvalue weighted by Crippen LogP contribution is -2.27. The van der Waals surface area contributed by atoms with Crippen molar-refractivity contribution < 1.29 is 0 Å². The molecule has 6 heteroatoms. The van der Waals surface area contributed by atoms with Gasteiger partial charge in [-0.05, 0) is 60.8 Å². The van der Waals surface area contributed by atoms with Crippen LogP contribution in [0.3, 0.4) is 0 Å². The Kier molecular flexibility index (Phi) is 5.95. The Morgan fingerprint density at radius 1 is 0.970 bits per heavy atom. The Morgan fingerprint density at radius 3 is 2.42 bits per heavy atom. The van der Waals surface area contributed by atoms with Crippen molar-refractivity contribution in [1.82, 2.24) is 14.9 Å². The van der Waals surface area contributed by atoms with E-state index in [2.05, 4.69) is 47.3 Å². The number of hydrogen-bond donors (Lipinski definition) is 1. The van der Waals surface area contributed by atoms with Crippen molar-refractivity contribution >= 4 is 39.8 Å². The molecule has 0 atom stereocenters. The Labute approximate surface area is 203 Å². The van der Waals surface area contributed by atoms with Crippen molar-refractivity contribution in [3.8, 4) is 17.2 Å². The molecule has 1 aliphatic heterocycles. The molecule has 33 heavy (non-hydrogen) atoms. The van der Waals surface area contributed by atoms with Crippen LogP contribution in [0, 0.1) is 11.3 Å². The Morgan fingerprint density at radius 2 is 1.70 bits per heavy atom. The lowest BCUT2D eigenvalue weighted by Gasteiger charge is -2.26. The topological polar surface area (TPSA) is 55.7 Å². The molecule has 0 spiro atoms. The lowest BCUT2D eigenvalue weighted by molar-refractivity contribution is 0.313. The van der Waals surface area contributed by atoms with Crippen LogP contribution in [0.2, 0.25) is 10.0 Å². The predicted octanol–water partition coefficient (Wildman–Crippen LogP) is 6.94. The first-order valence-electron chi connectivity index (χ1n) is 10.9. The van der Waals surface area contributed by atoms with Gasteiger partial charge in [-0.3, -0.25) is 0 Å². The van der Waals surface area contributed by atoms with E-state index in [4.69, 9.17) is 28.2 Å². The summed E-state index contributed by atoms with van der Waals surface area (Å²) >= 11 is 12.5. The number of hydrogen-bond acceptors (Lipinski definition) is 3. The van der Waals surface area contributed by atoms with Crippen molar-refractivity contribution in [3.05, 3.63) is 93.2 Å². The van der Waals surface area contributed by atoms with Gasteiger partial charge in [0.2, 0.25) is 0 Å². The number of nitrogens with zero attached hydrogens (tertiary/aromatic N) is 3. The van der Waals surface area contributed by atoms with Crippen LogP contribution in [-0.4, -0.2) is 35.0 Å². The molecule has 4 nitrogen and oxygen atoms in total. The predicted molar refractivity (Wildman–Crippen MR) is 135 cm³/mol. The van der Waals surface area contributed by atoms with Crippen molar-refractivity contribution in [2.24, 2.45) is 0 Å². The summed E-state index contributed by atoms with van der Waals surface area (Å²) < 4.78 is 0. The van der Waals surface area contributed by atoms with Gasteiger partial charge in [-0.2, -0.15) is 5.26 Å². The maximum atomic E-state index is 9.22. The number of piperidine rings is 1. The Hall–Kier alpha value is -3.10. The third-order valence-corrected chi connectivity index (χ3v) is 6.93. The summed E-state index contributed by atoms with van der Waals surface area (Å²) in [7, 11) is 2.16. The molecule has 0 aliphatic carbocycles. The molecule has 0 amide bonds. The highest BCUT2D eigenvalue weighted by molar-refractivity contribution is 6.42. The Balaban J connectivity index is 1.60. The minimum atomic E-state index is 0.500. The molecule has 1 saturated heterocycles. The van der Waals surface area contributed by atoms with E-state index in [0.717, 1.165) is 65.1 Å². The largest absolute Gasteiger partial charge is 0.338 e. The van der Waals surface area contributed by atoms with Crippen LogP contribution in [0.15, 0.2) is 66.2 Å². The molecule has 4 aromatic rings. The second kappa shape index (κ2) is 9.03. The molecule has 5 rings (SSSR count). The number of aromatic amines is 1. The third kappa shape index (κ3) is 4.41. The number of halogens is 2. The molecule has 0 radical (unpaired) electrons. The first-order chi connectivity index (χ1) is 16.0. The van der Waals surface area contributed by atoms with E-state index in [1.54, 1.807) is 6.07 Å². The number of aromatic nitrogens is 2. The van der Waals surface area contributed by atoms with Gasteiger partial charge >= 0.3 is 0 Å². The van der Waals surface area contributed by atoms with E-state index >= 15 is 0 Å². The first kappa shape index (κ1) is 21.7. The van der Waals surface area contributed by atoms with Crippen LogP contribution in [0.1, 0.15) is 29.8 Å². The number of nitriles is 1. The monoisotopic (exact) mass is 472 g/mol. The molecule has 0 unspecified atom stereocenters. The van der Waals surface area contributed by atoms with Crippen molar-refractivity contribution in [3.63, 3.8) is 0 Å². The summed E-state index contributed by atoms with van der Waals surface area (Å²) in [6, 6.07) is 22.0. The molecule has 1 aromatic heterocycles. The van der Waals surface area contributed by atoms with Gasteiger partial charge in [-0.15, -0.1) is 0 Å². The zero-order valence-corrected chi connectivity index (χ0v) is 19.7. The van der Waals surface area contributed by atoms with E-state index < -0.39 is 0 Å². The van der Waals surface area contributed by atoms with Gasteiger partial charge in [0, 0.05) is 18.7 Å². The minimum absolute atomic E-state index is 0.500. The van der Waals surface area contributed by atoms with Crippen LogP contribution in [0.4, 0.5) is 0 Å². The highest BCUT2D eigenvalue weighted by Gasteiger charge is 2.20. The molecule has 1 fully saturated rings.